The Kier molecular flexibility index (Phi) is 14.0. The average molecular weight is 802 g/mol. The third-order valence-corrected chi connectivity index (χ3v) is 11.6. The van der Waals surface area contributed by atoms with Crippen molar-refractivity contribution in [3.8, 4) is 5.75 Å². The van der Waals surface area contributed by atoms with E-state index in [2.05, 4.69) is 9.68 Å². The van der Waals surface area contributed by atoms with Crippen molar-refractivity contribution in [3.63, 3.8) is 0 Å². The van der Waals surface area contributed by atoms with Gasteiger partial charge in [-0.2, -0.15) is 0 Å². The fourth-order valence-electron chi connectivity index (χ4n) is 9.08. The van der Waals surface area contributed by atoms with E-state index < -0.39 is 69.7 Å². The highest BCUT2D eigenvalue weighted by Gasteiger charge is 2.64. The number of hydrogen-bond acceptors (Lipinski definition) is 17. The Labute approximate surface area is 327 Å². The first-order valence-corrected chi connectivity index (χ1v) is 18.9. The number of fused-ring (bicyclic) bond motifs is 5. The van der Waals surface area contributed by atoms with Crippen molar-refractivity contribution < 1.29 is 67.9 Å². The molecule has 5 rings (SSSR count). The van der Waals surface area contributed by atoms with Crippen molar-refractivity contribution in [2.75, 3.05) is 26.4 Å². The molecule has 0 spiro atoms. The maximum Gasteiger partial charge on any atom is 0.514 e. The van der Waals surface area contributed by atoms with Crippen molar-refractivity contribution in [1.29, 1.82) is 0 Å². The third kappa shape index (κ3) is 10.3. The van der Waals surface area contributed by atoms with E-state index in [4.69, 9.17) is 24.7 Å². The van der Waals surface area contributed by atoms with Crippen LogP contribution in [-0.2, 0) is 49.5 Å². The quantitative estimate of drug-likeness (QED) is 0.0507. The summed E-state index contributed by atoms with van der Waals surface area (Å²) in [6.45, 7) is 0.741. The van der Waals surface area contributed by atoms with Gasteiger partial charge in [0.2, 0.25) is 5.78 Å². The first kappa shape index (κ1) is 42.7. The lowest BCUT2D eigenvalue weighted by molar-refractivity contribution is -0.757. The zero-order chi connectivity index (χ0) is 41.3. The van der Waals surface area contributed by atoms with E-state index in [1.54, 1.807) is 18.2 Å². The fraction of sp³-hybridized carbons (Fsp3) is 0.605. The second kappa shape index (κ2) is 18.7. The number of ether oxygens (including phenoxy) is 4. The summed E-state index contributed by atoms with van der Waals surface area (Å²) >= 11 is 0. The van der Waals surface area contributed by atoms with Crippen LogP contribution in [-0.4, -0.2) is 89.1 Å². The first-order valence-electron chi connectivity index (χ1n) is 18.9. The van der Waals surface area contributed by atoms with E-state index in [1.807, 2.05) is 13.0 Å². The van der Waals surface area contributed by atoms with Crippen LogP contribution in [0.3, 0.4) is 0 Å². The Morgan fingerprint density at radius 1 is 0.965 bits per heavy atom. The number of hydrogen-bond donors (Lipinski definition) is 2. The van der Waals surface area contributed by atoms with Crippen LogP contribution in [0.5, 0.6) is 5.75 Å². The SMILES string of the molecule is CC12C=CC(=O)C=C1CCC1C3CC[C@](OC(=O)CCCO[N+](=O)[O-])(C(=O)COC(=O)Oc4ccc(CC(N)C(=O)OCCCCO[N+](=O)[O-])cc4)C3CC(O)C12. The number of benzene rings is 1. The molecular weight excluding hydrogens is 754 g/mol. The monoisotopic (exact) mass is 801 g/mol. The predicted octanol–water partition coefficient (Wildman–Crippen LogP) is 3.33. The van der Waals surface area contributed by atoms with E-state index in [-0.39, 0.29) is 81.2 Å². The first-order chi connectivity index (χ1) is 27.1. The maximum absolute atomic E-state index is 14.1. The van der Waals surface area contributed by atoms with Crippen molar-refractivity contribution in [2.24, 2.45) is 34.8 Å². The van der Waals surface area contributed by atoms with Crippen LogP contribution in [0.15, 0.2) is 48.1 Å². The molecule has 0 aromatic heterocycles. The summed E-state index contributed by atoms with van der Waals surface area (Å²) < 4.78 is 21.6. The average Bonchev–Trinajstić information content (AvgIpc) is 3.52. The van der Waals surface area contributed by atoms with Gasteiger partial charge in [0.15, 0.2) is 18.0 Å². The number of aliphatic hydroxyl groups is 1. The Balaban J connectivity index is 1.19. The maximum atomic E-state index is 14.1. The van der Waals surface area contributed by atoms with Crippen LogP contribution in [0.1, 0.15) is 70.3 Å². The molecule has 4 aliphatic rings. The predicted molar refractivity (Wildman–Crippen MR) is 193 cm³/mol. The summed E-state index contributed by atoms with van der Waals surface area (Å²) in [4.78, 5) is 93.7. The van der Waals surface area contributed by atoms with Crippen LogP contribution in [0.4, 0.5) is 4.79 Å². The molecule has 7 unspecified atom stereocenters. The zero-order valence-electron chi connectivity index (χ0n) is 31.4. The van der Waals surface area contributed by atoms with E-state index in [0.717, 1.165) is 5.57 Å². The molecule has 3 fully saturated rings. The minimum atomic E-state index is -1.75. The van der Waals surface area contributed by atoms with Gasteiger partial charge in [0.1, 0.15) is 11.8 Å². The Hall–Kier alpha value is -5.43. The largest absolute Gasteiger partial charge is 0.514 e. The number of unbranched alkanes of at least 4 members (excludes halogenated alkanes) is 1. The minimum Gasteiger partial charge on any atom is -0.465 e. The van der Waals surface area contributed by atoms with E-state index in [0.29, 0.717) is 37.7 Å². The number of carbonyl (C=O) groups is 5. The number of carbonyl (C=O) groups excluding carboxylic acids is 5. The molecule has 3 saturated carbocycles. The number of rotatable bonds is 19. The molecule has 3 N–H and O–H groups in total. The lowest BCUT2D eigenvalue weighted by atomic mass is 9.49. The Morgan fingerprint density at radius 3 is 2.35 bits per heavy atom. The number of nitrogens with zero attached hydrogens (tertiary/aromatic N) is 2. The summed E-state index contributed by atoms with van der Waals surface area (Å²) in [5.41, 5.74) is 5.21. The van der Waals surface area contributed by atoms with Gasteiger partial charge in [0, 0.05) is 23.7 Å². The van der Waals surface area contributed by atoms with E-state index in [1.165, 1.54) is 18.2 Å². The third-order valence-electron chi connectivity index (χ3n) is 11.6. The molecule has 310 valence electrons. The zero-order valence-corrected chi connectivity index (χ0v) is 31.4. The van der Waals surface area contributed by atoms with Gasteiger partial charge in [0.25, 0.3) is 10.2 Å². The van der Waals surface area contributed by atoms with Crippen LogP contribution >= 0.6 is 0 Å². The smallest absolute Gasteiger partial charge is 0.465 e. The van der Waals surface area contributed by atoms with Crippen LogP contribution < -0.4 is 10.5 Å². The fourth-order valence-corrected chi connectivity index (χ4v) is 9.08. The molecule has 0 radical (unpaired) electrons. The van der Waals surface area contributed by atoms with Crippen LogP contribution in [0.2, 0.25) is 0 Å². The standard InChI is InChI=1S/C38H47N3O16/c1-37-14-12-25(42)20-24(37)8-11-28-27-13-15-38(29(27)21-31(43)34(28)37,57-33(45)5-4-18-55-41(50)51)32(44)22-53-36(47)56-26-9-6-23(7-10-26)19-30(39)35(46)52-16-2-3-17-54-40(48)49/h6-7,9-10,12,14,20,27-31,34,43H,2-5,8,11,13,15-19,21-22,39H2,1H3/t27?,28?,29?,30?,31?,34?,37?,38-/m1/s1. The minimum absolute atomic E-state index is 0.0140. The number of aliphatic hydroxyl groups excluding tert-OH is 1. The molecule has 57 heavy (non-hydrogen) atoms. The highest BCUT2D eigenvalue weighted by atomic mass is 17.0. The van der Waals surface area contributed by atoms with Crippen molar-refractivity contribution in [3.05, 3.63) is 73.9 Å². The van der Waals surface area contributed by atoms with Crippen LogP contribution in [0, 0.1) is 49.3 Å². The second-order valence-electron chi connectivity index (χ2n) is 15.0. The van der Waals surface area contributed by atoms with Gasteiger partial charge in [-0.15, -0.1) is 20.2 Å². The number of esters is 2. The van der Waals surface area contributed by atoms with Crippen LogP contribution in [0.25, 0.3) is 0 Å². The van der Waals surface area contributed by atoms with Gasteiger partial charge < -0.3 is 39.5 Å². The Bertz CT molecular complexity index is 1760. The van der Waals surface area contributed by atoms with Gasteiger partial charge in [-0.3, -0.25) is 19.2 Å². The van der Waals surface area contributed by atoms with Crippen molar-refractivity contribution >= 4 is 29.7 Å². The van der Waals surface area contributed by atoms with Crippen molar-refractivity contribution in [1.82, 2.24) is 0 Å². The topological polar surface area (TPSA) is 273 Å². The molecule has 0 saturated heterocycles. The highest BCUT2D eigenvalue weighted by Crippen LogP contribution is 2.63. The lowest BCUT2D eigenvalue weighted by Gasteiger charge is -2.56. The van der Waals surface area contributed by atoms with Gasteiger partial charge in [0.05, 0.1) is 25.9 Å². The normalized spacial score (nSPS) is 27.7. The second-order valence-corrected chi connectivity index (χ2v) is 15.0. The molecule has 1 aromatic rings. The Morgan fingerprint density at radius 2 is 1.65 bits per heavy atom. The molecular formula is C38H47N3O16. The van der Waals surface area contributed by atoms with E-state index in [9.17, 15) is 49.3 Å². The summed E-state index contributed by atoms with van der Waals surface area (Å²) in [5.74, 6) is -3.26. The van der Waals surface area contributed by atoms with Gasteiger partial charge in [-0.05, 0) is 99.5 Å². The molecule has 0 aliphatic heterocycles. The summed E-state index contributed by atoms with van der Waals surface area (Å²) in [7, 11) is 0. The number of nitrogens with two attached hydrogens (primary N) is 1. The molecule has 8 atom stereocenters. The molecule has 19 nitrogen and oxygen atoms in total. The molecule has 19 heteroatoms. The highest BCUT2D eigenvalue weighted by molar-refractivity contribution is 6.01. The molecule has 4 aliphatic carbocycles. The molecule has 0 bridgehead atoms. The van der Waals surface area contributed by atoms with E-state index >= 15 is 0 Å². The molecule has 0 amide bonds. The number of Topliss-reactive ketones (excluding diaryl/α,β-unsaturated/α-hetero) is 1. The van der Waals surface area contributed by atoms with Gasteiger partial charge in [-0.1, -0.05) is 30.7 Å². The summed E-state index contributed by atoms with van der Waals surface area (Å²) in [6, 6.07) is 4.98. The molecule has 0 heterocycles. The summed E-state index contributed by atoms with van der Waals surface area (Å²) in [6.07, 6.45) is 5.30. The van der Waals surface area contributed by atoms with Gasteiger partial charge in [-0.25, -0.2) is 4.79 Å². The molecule has 1 aromatic carbocycles. The summed E-state index contributed by atoms with van der Waals surface area (Å²) in [5, 5.41) is 30.6. The van der Waals surface area contributed by atoms with Crippen molar-refractivity contribution in [2.45, 2.75) is 88.9 Å². The number of ketones is 2. The lowest BCUT2D eigenvalue weighted by Crippen LogP contribution is -2.58. The van der Waals surface area contributed by atoms with Gasteiger partial charge >= 0.3 is 18.1 Å². The number of allylic oxidation sites excluding steroid dienone is 4.